The Bertz CT molecular complexity index is 82.2. The van der Waals surface area contributed by atoms with E-state index in [0.29, 0.717) is 0 Å². The van der Waals surface area contributed by atoms with Crippen LogP contribution in [0.15, 0.2) is 0 Å². The highest BCUT2D eigenvalue weighted by Crippen LogP contribution is 2.01. The molecule has 0 heterocycles. The first kappa shape index (κ1) is 6.40. The molecule has 0 rings (SSSR count). The zero-order valence-corrected chi connectivity index (χ0v) is 4.47. The summed E-state index contributed by atoms with van der Waals surface area (Å²) in [6, 6.07) is 0. The highest BCUT2D eigenvalue weighted by Gasteiger charge is 2.21. The molecule has 7 heavy (non-hydrogen) atoms. The van der Waals surface area contributed by atoms with Crippen LogP contribution in [-0.2, 0) is 0 Å². The van der Waals surface area contributed by atoms with E-state index in [-0.39, 0.29) is 0 Å². The maximum absolute atomic E-state index is 9.76. The van der Waals surface area contributed by atoms with E-state index in [0.717, 1.165) is 0 Å². The summed E-state index contributed by atoms with van der Waals surface area (Å²) in [6.07, 6.45) is 0. The quantitative estimate of drug-likeness (QED) is 0.364. The van der Waals surface area contributed by atoms with Crippen molar-refractivity contribution < 1.29 is 4.92 Å². The highest BCUT2D eigenvalue weighted by atomic mass is 16.6. The van der Waals surface area contributed by atoms with E-state index in [2.05, 4.69) is 6.92 Å². The van der Waals surface area contributed by atoms with Crippen molar-refractivity contribution in [3.8, 4) is 0 Å². The van der Waals surface area contributed by atoms with Gasteiger partial charge in [-0.15, -0.1) is 0 Å². The number of nitro groups is 1. The first-order chi connectivity index (χ1) is 2.94. The highest BCUT2D eigenvalue weighted by molar-refractivity contribution is 4.67. The van der Waals surface area contributed by atoms with Gasteiger partial charge in [0.1, 0.15) is 0 Å². The summed E-state index contributed by atoms with van der Waals surface area (Å²) in [5.41, 5.74) is -1.03. The van der Waals surface area contributed by atoms with Gasteiger partial charge in [-0.25, -0.2) is 0 Å². The van der Waals surface area contributed by atoms with E-state index in [4.69, 9.17) is 0 Å². The van der Waals surface area contributed by atoms with Crippen molar-refractivity contribution in [3.63, 3.8) is 0 Å². The van der Waals surface area contributed by atoms with Crippen molar-refractivity contribution in [1.29, 1.82) is 0 Å². The van der Waals surface area contributed by atoms with Crippen LogP contribution in [-0.4, -0.2) is 10.5 Å². The van der Waals surface area contributed by atoms with Crippen LogP contribution in [0.25, 0.3) is 0 Å². The molecule has 0 saturated heterocycles. The molecule has 0 saturated carbocycles. The lowest BCUT2D eigenvalue weighted by Gasteiger charge is -2.05. The van der Waals surface area contributed by atoms with Crippen molar-refractivity contribution in [2.24, 2.45) is 0 Å². The van der Waals surface area contributed by atoms with Gasteiger partial charge in [-0.05, 0) is 0 Å². The molecule has 3 heteroatoms. The molecule has 0 spiro atoms. The molecular weight excluding hydrogens is 94.0 g/mol. The first-order valence-electron chi connectivity index (χ1n) is 1.94. The van der Waals surface area contributed by atoms with Gasteiger partial charge in [-0.2, -0.15) is 0 Å². The number of rotatable bonds is 1. The van der Waals surface area contributed by atoms with Crippen molar-refractivity contribution in [3.05, 3.63) is 17.0 Å². The minimum absolute atomic E-state index is 0.424. The minimum Gasteiger partial charge on any atom is -0.264 e. The Morgan fingerprint density at radius 3 is 1.86 bits per heavy atom. The average molecular weight is 102 g/mol. The first-order valence-corrected chi connectivity index (χ1v) is 1.94. The number of hydrogen-bond donors (Lipinski definition) is 0. The van der Waals surface area contributed by atoms with Crippen LogP contribution in [0, 0.1) is 17.0 Å². The van der Waals surface area contributed by atoms with E-state index in [1.165, 1.54) is 13.8 Å². The molecule has 0 atom stereocenters. The van der Waals surface area contributed by atoms with E-state index >= 15 is 0 Å². The Balaban J connectivity index is 3.79. The zero-order valence-electron chi connectivity index (χ0n) is 4.47. The third kappa shape index (κ3) is 2.14. The molecule has 0 unspecified atom stereocenters. The van der Waals surface area contributed by atoms with Crippen molar-refractivity contribution in [2.45, 2.75) is 19.4 Å². The van der Waals surface area contributed by atoms with Crippen molar-refractivity contribution in [1.82, 2.24) is 0 Å². The van der Waals surface area contributed by atoms with Gasteiger partial charge in [0.05, 0.1) is 0 Å². The van der Waals surface area contributed by atoms with Crippen molar-refractivity contribution >= 4 is 0 Å². The predicted octanol–water partition coefficient (Wildman–Crippen LogP) is 0.876. The lowest BCUT2D eigenvalue weighted by Crippen LogP contribution is -2.26. The summed E-state index contributed by atoms with van der Waals surface area (Å²) < 4.78 is 0. The normalized spacial score (nSPS) is 11.3. The molecule has 0 aromatic heterocycles. The molecular formula is C4H8NO2. The summed E-state index contributed by atoms with van der Waals surface area (Å²) in [7, 11) is 0. The lowest BCUT2D eigenvalue weighted by molar-refractivity contribution is -0.546. The van der Waals surface area contributed by atoms with Gasteiger partial charge in [0, 0.05) is 25.7 Å². The van der Waals surface area contributed by atoms with Gasteiger partial charge in [0.15, 0.2) is 0 Å². The van der Waals surface area contributed by atoms with Crippen LogP contribution in [0.5, 0.6) is 0 Å². The van der Waals surface area contributed by atoms with Gasteiger partial charge < -0.3 is 0 Å². The van der Waals surface area contributed by atoms with Crippen LogP contribution < -0.4 is 0 Å². The van der Waals surface area contributed by atoms with Gasteiger partial charge in [0.25, 0.3) is 0 Å². The zero-order chi connectivity index (χ0) is 6.08. The number of nitrogens with zero attached hydrogens (tertiary/aromatic N) is 1. The standard InChI is InChI=1S/C4H8NO2/c1-4(2,3)5(6)7/h1H2,2-3H3. The van der Waals surface area contributed by atoms with Gasteiger partial charge in [0.2, 0.25) is 5.54 Å². The van der Waals surface area contributed by atoms with Crippen LogP contribution in [0.2, 0.25) is 0 Å². The SMILES string of the molecule is [CH2]C(C)(C)[N+](=O)[O-]. The Morgan fingerprint density at radius 2 is 1.86 bits per heavy atom. The molecule has 3 nitrogen and oxygen atoms in total. The minimum atomic E-state index is -1.03. The lowest BCUT2D eigenvalue weighted by atomic mass is 10.1. The molecule has 0 fully saturated rings. The maximum atomic E-state index is 9.76. The fraction of sp³-hybridized carbons (Fsp3) is 0.750. The summed E-state index contributed by atoms with van der Waals surface area (Å²) in [4.78, 5) is 9.34. The van der Waals surface area contributed by atoms with Crippen LogP contribution in [0.4, 0.5) is 0 Å². The second kappa shape index (κ2) is 1.48. The predicted molar refractivity (Wildman–Crippen MR) is 26.4 cm³/mol. The molecule has 0 bridgehead atoms. The second-order valence-corrected chi connectivity index (χ2v) is 2.07. The molecule has 1 radical (unpaired) electrons. The summed E-state index contributed by atoms with van der Waals surface area (Å²) in [6.45, 7) is 6.17. The maximum Gasteiger partial charge on any atom is 0.217 e. The fourth-order valence-electron chi connectivity index (χ4n) is 0. The average Bonchev–Trinajstić information content (AvgIpc) is 1.31. The summed E-state index contributed by atoms with van der Waals surface area (Å²) in [5.74, 6) is 0. The van der Waals surface area contributed by atoms with Gasteiger partial charge in [-0.3, -0.25) is 10.1 Å². The van der Waals surface area contributed by atoms with Gasteiger partial charge in [-0.1, -0.05) is 0 Å². The molecule has 0 aliphatic rings. The Kier molecular flexibility index (Phi) is 1.35. The monoisotopic (exact) mass is 102 g/mol. The second-order valence-electron chi connectivity index (χ2n) is 2.07. The van der Waals surface area contributed by atoms with E-state index in [1.54, 1.807) is 0 Å². The molecule has 0 aliphatic heterocycles. The third-order valence-electron chi connectivity index (χ3n) is 0.494. The van der Waals surface area contributed by atoms with E-state index in [1.807, 2.05) is 0 Å². The third-order valence-corrected chi connectivity index (χ3v) is 0.494. The van der Waals surface area contributed by atoms with Crippen LogP contribution >= 0.6 is 0 Å². The fourth-order valence-corrected chi connectivity index (χ4v) is 0. The Hall–Kier alpha value is -0.600. The molecule has 0 N–H and O–H groups in total. The Labute approximate surface area is 42.5 Å². The van der Waals surface area contributed by atoms with Gasteiger partial charge >= 0.3 is 0 Å². The Morgan fingerprint density at radius 1 is 1.71 bits per heavy atom. The topological polar surface area (TPSA) is 43.1 Å². The molecule has 41 valence electrons. The van der Waals surface area contributed by atoms with Crippen LogP contribution in [0.3, 0.4) is 0 Å². The largest absolute Gasteiger partial charge is 0.264 e. The molecule has 0 aromatic rings. The van der Waals surface area contributed by atoms with E-state index in [9.17, 15) is 10.1 Å². The summed E-state index contributed by atoms with van der Waals surface area (Å²) in [5, 5.41) is 9.76. The molecule has 0 amide bonds. The summed E-state index contributed by atoms with van der Waals surface area (Å²) >= 11 is 0. The van der Waals surface area contributed by atoms with Crippen molar-refractivity contribution in [2.75, 3.05) is 0 Å². The van der Waals surface area contributed by atoms with E-state index < -0.39 is 10.5 Å². The smallest absolute Gasteiger partial charge is 0.217 e. The molecule has 0 aromatic carbocycles. The number of hydrogen-bond acceptors (Lipinski definition) is 2. The molecule has 0 aliphatic carbocycles. The van der Waals surface area contributed by atoms with Crippen LogP contribution in [0.1, 0.15) is 13.8 Å².